The minimum Gasteiger partial charge on any atom is -0.399 e. The Morgan fingerprint density at radius 3 is 2.31 bits per heavy atom. The van der Waals surface area contributed by atoms with Crippen molar-refractivity contribution in [2.24, 2.45) is 0 Å². The average Bonchev–Trinajstić information content (AvgIpc) is 2.28. The van der Waals surface area contributed by atoms with Gasteiger partial charge in [0, 0.05) is 23.6 Å². The van der Waals surface area contributed by atoms with Crippen molar-refractivity contribution < 1.29 is 0 Å². The first-order valence-corrected chi connectivity index (χ1v) is 5.18. The first-order valence-electron chi connectivity index (χ1n) is 5.18. The standard InChI is InChI=1S/C13H15N3/c14-11-4-6-13(7-5-11)16-9-10-2-1-3-12(15)8-10/h1-8,16H,9,14-15H2. The van der Waals surface area contributed by atoms with Gasteiger partial charge in [-0.05, 0) is 42.0 Å². The molecule has 0 amide bonds. The van der Waals surface area contributed by atoms with Gasteiger partial charge in [0.2, 0.25) is 0 Å². The van der Waals surface area contributed by atoms with E-state index in [1.54, 1.807) is 0 Å². The summed E-state index contributed by atoms with van der Waals surface area (Å²) in [5.41, 5.74) is 15.1. The monoisotopic (exact) mass is 213 g/mol. The highest BCUT2D eigenvalue weighted by atomic mass is 14.9. The maximum absolute atomic E-state index is 5.70. The highest BCUT2D eigenvalue weighted by Crippen LogP contribution is 2.13. The Balaban J connectivity index is 1.99. The van der Waals surface area contributed by atoms with Gasteiger partial charge < -0.3 is 16.8 Å². The van der Waals surface area contributed by atoms with E-state index in [0.717, 1.165) is 29.2 Å². The van der Waals surface area contributed by atoms with Crippen LogP contribution in [0.3, 0.4) is 0 Å². The zero-order valence-electron chi connectivity index (χ0n) is 8.98. The minimum atomic E-state index is 0.759. The minimum absolute atomic E-state index is 0.759. The Hall–Kier alpha value is -2.16. The van der Waals surface area contributed by atoms with Gasteiger partial charge in [-0.3, -0.25) is 0 Å². The highest BCUT2D eigenvalue weighted by Gasteiger charge is 1.94. The lowest BCUT2D eigenvalue weighted by atomic mass is 10.2. The summed E-state index contributed by atoms with van der Waals surface area (Å²) < 4.78 is 0. The lowest BCUT2D eigenvalue weighted by molar-refractivity contribution is 1.15. The van der Waals surface area contributed by atoms with Crippen LogP contribution in [-0.4, -0.2) is 0 Å². The van der Waals surface area contributed by atoms with Gasteiger partial charge in [0.1, 0.15) is 0 Å². The molecule has 3 nitrogen and oxygen atoms in total. The van der Waals surface area contributed by atoms with Crippen LogP contribution < -0.4 is 16.8 Å². The number of nitrogens with two attached hydrogens (primary N) is 2. The molecule has 0 aliphatic carbocycles. The largest absolute Gasteiger partial charge is 0.399 e. The molecule has 0 fully saturated rings. The summed E-state index contributed by atoms with van der Waals surface area (Å²) in [4.78, 5) is 0. The SMILES string of the molecule is Nc1ccc(NCc2cccc(N)c2)cc1. The Labute approximate surface area is 95.1 Å². The van der Waals surface area contributed by atoms with Crippen molar-refractivity contribution >= 4 is 17.1 Å². The van der Waals surface area contributed by atoms with Crippen LogP contribution in [0.4, 0.5) is 17.1 Å². The summed E-state index contributed by atoms with van der Waals surface area (Å²) in [5.74, 6) is 0. The Morgan fingerprint density at radius 1 is 0.875 bits per heavy atom. The lowest BCUT2D eigenvalue weighted by Crippen LogP contribution is -2.00. The van der Waals surface area contributed by atoms with Gasteiger partial charge in [0.15, 0.2) is 0 Å². The first-order chi connectivity index (χ1) is 7.74. The molecule has 16 heavy (non-hydrogen) atoms. The molecular formula is C13H15N3. The van der Waals surface area contributed by atoms with E-state index < -0.39 is 0 Å². The topological polar surface area (TPSA) is 64.1 Å². The van der Waals surface area contributed by atoms with Gasteiger partial charge in [-0.15, -0.1) is 0 Å². The molecule has 0 aliphatic heterocycles. The summed E-state index contributed by atoms with van der Waals surface area (Å²) >= 11 is 0. The van der Waals surface area contributed by atoms with Crippen molar-refractivity contribution in [1.82, 2.24) is 0 Å². The van der Waals surface area contributed by atoms with E-state index in [2.05, 4.69) is 5.32 Å². The molecular weight excluding hydrogens is 198 g/mol. The fourth-order valence-electron chi connectivity index (χ4n) is 1.51. The molecule has 0 saturated carbocycles. The molecule has 2 aromatic rings. The van der Waals surface area contributed by atoms with Crippen molar-refractivity contribution in [3.63, 3.8) is 0 Å². The quantitative estimate of drug-likeness (QED) is 0.686. The predicted molar refractivity (Wildman–Crippen MR) is 69.0 cm³/mol. The van der Waals surface area contributed by atoms with Crippen molar-refractivity contribution in [3.05, 3.63) is 54.1 Å². The second kappa shape index (κ2) is 4.57. The number of hydrogen-bond acceptors (Lipinski definition) is 3. The van der Waals surface area contributed by atoms with E-state index in [1.165, 1.54) is 0 Å². The van der Waals surface area contributed by atoms with E-state index >= 15 is 0 Å². The molecule has 0 spiro atoms. The number of benzene rings is 2. The summed E-state index contributed by atoms with van der Waals surface area (Å²) in [6, 6.07) is 15.5. The van der Waals surface area contributed by atoms with Crippen LogP contribution in [0.2, 0.25) is 0 Å². The zero-order valence-corrected chi connectivity index (χ0v) is 8.98. The number of anilines is 3. The molecule has 3 heteroatoms. The van der Waals surface area contributed by atoms with E-state index in [1.807, 2.05) is 48.5 Å². The summed E-state index contributed by atoms with van der Waals surface area (Å²) in [6.07, 6.45) is 0. The van der Waals surface area contributed by atoms with E-state index in [4.69, 9.17) is 11.5 Å². The Kier molecular flexibility index (Phi) is 2.96. The average molecular weight is 213 g/mol. The Morgan fingerprint density at radius 2 is 1.62 bits per heavy atom. The third-order valence-electron chi connectivity index (χ3n) is 2.36. The number of hydrogen-bond donors (Lipinski definition) is 3. The molecule has 0 saturated heterocycles. The van der Waals surface area contributed by atoms with Gasteiger partial charge in [0.05, 0.1) is 0 Å². The fourth-order valence-corrected chi connectivity index (χ4v) is 1.51. The molecule has 0 heterocycles. The predicted octanol–water partition coefficient (Wildman–Crippen LogP) is 2.46. The fraction of sp³-hybridized carbons (Fsp3) is 0.0769. The van der Waals surface area contributed by atoms with Crippen LogP contribution in [0, 0.1) is 0 Å². The Bertz CT molecular complexity index is 463. The molecule has 2 rings (SSSR count). The van der Waals surface area contributed by atoms with Crippen molar-refractivity contribution in [2.45, 2.75) is 6.54 Å². The number of rotatable bonds is 3. The van der Waals surface area contributed by atoms with Gasteiger partial charge in [-0.1, -0.05) is 12.1 Å². The maximum Gasteiger partial charge on any atom is 0.0401 e. The molecule has 0 atom stereocenters. The van der Waals surface area contributed by atoms with Crippen LogP contribution in [0.1, 0.15) is 5.56 Å². The van der Waals surface area contributed by atoms with E-state index in [0.29, 0.717) is 0 Å². The molecule has 0 unspecified atom stereocenters. The first kappa shape index (κ1) is 10.4. The van der Waals surface area contributed by atoms with Gasteiger partial charge in [0.25, 0.3) is 0 Å². The second-order valence-corrected chi connectivity index (χ2v) is 3.72. The number of nitrogen functional groups attached to an aromatic ring is 2. The van der Waals surface area contributed by atoms with Crippen LogP contribution in [0.25, 0.3) is 0 Å². The lowest BCUT2D eigenvalue weighted by Gasteiger charge is -2.07. The van der Waals surface area contributed by atoms with Crippen LogP contribution >= 0.6 is 0 Å². The molecule has 0 aromatic heterocycles. The summed E-state index contributed by atoms with van der Waals surface area (Å²) in [5, 5.41) is 3.30. The highest BCUT2D eigenvalue weighted by molar-refractivity contribution is 5.51. The second-order valence-electron chi connectivity index (χ2n) is 3.72. The van der Waals surface area contributed by atoms with Gasteiger partial charge >= 0.3 is 0 Å². The third kappa shape index (κ3) is 2.67. The van der Waals surface area contributed by atoms with Crippen molar-refractivity contribution in [3.8, 4) is 0 Å². The maximum atomic E-state index is 5.70. The summed E-state index contributed by atoms with van der Waals surface area (Å²) in [7, 11) is 0. The normalized spacial score (nSPS) is 10.0. The molecule has 2 aromatic carbocycles. The van der Waals surface area contributed by atoms with E-state index in [9.17, 15) is 0 Å². The van der Waals surface area contributed by atoms with E-state index in [-0.39, 0.29) is 0 Å². The van der Waals surface area contributed by atoms with Crippen molar-refractivity contribution in [1.29, 1.82) is 0 Å². The molecule has 0 radical (unpaired) electrons. The van der Waals surface area contributed by atoms with Crippen LogP contribution in [0.15, 0.2) is 48.5 Å². The van der Waals surface area contributed by atoms with Crippen LogP contribution in [-0.2, 0) is 6.54 Å². The smallest absolute Gasteiger partial charge is 0.0401 e. The zero-order chi connectivity index (χ0) is 11.4. The molecule has 82 valence electrons. The number of nitrogens with one attached hydrogen (secondary N) is 1. The van der Waals surface area contributed by atoms with Crippen molar-refractivity contribution in [2.75, 3.05) is 16.8 Å². The van der Waals surface area contributed by atoms with Gasteiger partial charge in [-0.2, -0.15) is 0 Å². The summed E-state index contributed by atoms with van der Waals surface area (Å²) in [6.45, 7) is 0.759. The third-order valence-corrected chi connectivity index (χ3v) is 2.36. The molecule has 0 aliphatic rings. The molecule has 0 bridgehead atoms. The van der Waals surface area contributed by atoms with Gasteiger partial charge in [-0.25, -0.2) is 0 Å². The molecule has 5 N–H and O–H groups in total. The van der Waals surface area contributed by atoms with Crippen LogP contribution in [0.5, 0.6) is 0 Å².